The number of carbonyl (C=O) groups is 1. The predicted molar refractivity (Wildman–Crippen MR) is 86.5 cm³/mol. The Balaban J connectivity index is 1.87. The Morgan fingerprint density at radius 2 is 2.04 bits per heavy atom. The number of nitrogens with one attached hydrogen (secondary N) is 1. The van der Waals surface area contributed by atoms with Crippen molar-refractivity contribution in [3.05, 3.63) is 66.8 Å². The van der Waals surface area contributed by atoms with Crippen molar-refractivity contribution >= 4 is 11.6 Å². The van der Waals surface area contributed by atoms with E-state index in [-0.39, 0.29) is 24.1 Å². The van der Waals surface area contributed by atoms with Gasteiger partial charge in [-0.15, -0.1) is 0 Å². The van der Waals surface area contributed by atoms with Gasteiger partial charge in [-0.05, 0) is 30.3 Å². The molecule has 0 fully saturated rings. The molecule has 0 saturated carbocycles. The molecule has 1 N–H and O–H groups in total. The van der Waals surface area contributed by atoms with Crippen LogP contribution in [0.3, 0.4) is 0 Å². The van der Waals surface area contributed by atoms with Gasteiger partial charge in [-0.1, -0.05) is 6.58 Å². The highest BCUT2D eigenvalue weighted by Gasteiger charge is 2.30. The van der Waals surface area contributed by atoms with Crippen LogP contribution in [0.2, 0.25) is 0 Å². The lowest BCUT2D eigenvalue weighted by molar-refractivity contribution is -0.137. The Kier molecular flexibility index (Phi) is 4.61. The van der Waals surface area contributed by atoms with Crippen LogP contribution < -0.4 is 10.1 Å². The summed E-state index contributed by atoms with van der Waals surface area (Å²) in [6, 6.07) is 4.25. The van der Waals surface area contributed by atoms with Crippen LogP contribution in [0.25, 0.3) is 5.65 Å². The lowest BCUT2D eigenvalue weighted by Crippen LogP contribution is -2.21. The molecule has 6 nitrogen and oxygen atoms in total. The molecule has 2 aromatic heterocycles. The van der Waals surface area contributed by atoms with E-state index in [1.807, 2.05) is 0 Å². The first-order valence-electron chi connectivity index (χ1n) is 7.45. The molecule has 26 heavy (non-hydrogen) atoms. The van der Waals surface area contributed by atoms with Gasteiger partial charge in [0, 0.05) is 18.6 Å². The average molecular weight is 362 g/mol. The van der Waals surface area contributed by atoms with Crippen LogP contribution in [0.4, 0.5) is 13.2 Å². The van der Waals surface area contributed by atoms with Gasteiger partial charge in [-0.3, -0.25) is 4.79 Å². The van der Waals surface area contributed by atoms with Gasteiger partial charge in [-0.25, -0.2) is 9.97 Å². The second-order valence-electron chi connectivity index (χ2n) is 5.24. The van der Waals surface area contributed by atoms with Crippen molar-refractivity contribution in [3.63, 3.8) is 0 Å². The molecule has 9 heteroatoms. The molecular weight excluding hydrogens is 349 g/mol. The van der Waals surface area contributed by atoms with Crippen LogP contribution in [0.15, 0.2) is 55.5 Å². The number of imidazole rings is 1. The van der Waals surface area contributed by atoms with E-state index in [2.05, 4.69) is 21.9 Å². The number of nitrogens with zero attached hydrogens (tertiary/aromatic N) is 3. The van der Waals surface area contributed by atoms with E-state index < -0.39 is 11.7 Å². The van der Waals surface area contributed by atoms with Gasteiger partial charge in [-0.2, -0.15) is 13.2 Å². The molecule has 1 amide bonds. The molecule has 0 atom stereocenters. The molecule has 3 rings (SSSR count). The van der Waals surface area contributed by atoms with Crippen molar-refractivity contribution in [3.8, 4) is 11.6 Å². The van der Waals surface area contributed by atoms with E-state index in [4.69, 9.17) is 4.74 Å². The van der Waals surface area contributed by atoms with Gasteiger partial charge in [0.2, 0.25) is 11.6 Å². The Hall–Kier alpha value is -3.36. The number of hydrogen-bond donors (Lipinski definition) is 1. The molecular formula is C17H13F3N4O2. The maximum absolute atomic E-state index is 12.6. The van der Waals surface area contributed by atoms with Crippen molar-refractivity contribution in [1.29, 1.82) is 0 Å². The maximum Gasteiger partial charge on any atom is 0.416 e. The van der Waals surface area contributed by atoms with Gasteiger partial charge in [0.1, 0.15) is 5.75 Å². The topological polar surface area (TPSA) is 68.5 Å². The summed E-state index contributed by atoms with van der Waals surface area (Å²) in [5.41, 5.74) is 0.0981. The van der Waals surface area contributed by atoms with Gasteiger partial charge < -0.3 is 14.5 Å². The summed E-state index contributed by atoms with van der Waals surface area (Å²) in [6.45, 7) is 3.49. The first-order chi connectivity index (χ1) is 12.4. The van der Waals surface area contributed by atoms with Crippen LogP contribution in [0, 0.1) is 0 Å². The third kappa shape index (κ3) is 3.82. The molecule has 2 heterocycles. The van der Waals surface area contributed by atoms with Gasteiger partial charge >= 0.3 is 6.18 Å². The zero-order chi connectivity index (χ0) is 18.7. The number of aromatic nitrogens is 3. The van der Waals surface area contributed by atoms with Crippen LogP contribution in [0.1, 0.15) is 11.3 Å². The minimum absolute atomic E-state index is 0.111. The normalized spacial score (nSPS) is 11.3. The lowest BCUT2D eigenvalue weighted by atomic mass is 10.2. The Morgan fingerprint density at radius 1 is 1.31 bits per heavy atom. The smallest absolute Gasteiger partial charge is 0.416 e. The second-order valence-corrected chi connectivity index (χ2v) is 5.24. The summed E-state index contributed by atoms with van der Waals surface area (Å²) < 4.78 is 45.1. The fourth-order valence-corrected chi connectivity index (χ4v) is 2.18. The van der Waals surface area contributed by atoms with Crippen molar-refractivity contribution < 1.29 is 22.7 Å². The van der Waals surface area contributed by atoms with E-state index in [1.165, 1.54) is 18.3 Å². The van der Waals surface area contributed by atoms with Gasteiger partial charge in [0.05, 0.1) is 17.8 Å². The summed E-state index contributed by atoms with van der Waals surface area (Å²) in [4.78, 5) is 19.7. The number of hydrogen-bond acceptors (Lipinski definition) is 4. The zero-order valence-electron chi connectivity index (χ0n) is 13.3. The number of rotatable bonds is 5. The van der Waals surface area contributed by atoms with Crippen LogP contribution >= 0.6 is 0 Å². The number of carbonyl (C=O) groups excluding carboxylic acids is 1. The molecule has 0 aliphatic rings. The fourth-order valence-electron chi connectivity index (χ4n) is 2.18. The number of alkyl halides is 3. The molecule has 0 bridgehead atoms. The second kappa shape index (κ2) is 6.87. The standard InChI is InChI=1S/C17H13F3N4O2/c1-2-14(25)22-9-12-10-24-8-7-21-15(24)16(23-12)26-13-5-3-11(4-6-13)17(18,19)20/h2-8,10H,1,9H2,(H,22,25). The highest BCUT2D eigenvalue weighted by molar-refractivity contribution is 5.86. The molecule has 1 aromatic carbocycles. The van der Waals surface area contributed by atoms with E-state index in [0.29, 0.717) is 11.3 Å². The van der Waals surface area contributed by atoms with E-state index in [9.17, 15) is 18.0 Å². The summed E-state index contributed by atoms with van der Waals surface area (Å²) in [5, 5.41) is 2.59. The molecule has 0 radical (unpaired) electrons. The number of benzene rings is 1. The van der Waals surface area contributed by atoms with Crippen molar-refractivity contribution in [2.45, 2.75) is 12.7 Å². The summed E-state index contributed by atoms with van der Waals surface area (Å²) in [6.07, 6.45) is 1.56. The maximum atomic E-state index is 12.6. The van der Waals surface area contributed by atoms with E-state index in [0.717, 1.165) is 18.2 Å². The molecule has 0 unspecified atom stereocenters. The molecule has 0 spiro atoms. The third-order valence-corrected chi connectivity index (χ3v) is 3.42. The highest BCUT2D eigenvalue weighted by atomic mass is 19.4. The third-order valence-electron chi connectivity index (χ3n) is 3.42. The number of fused-ring (bicyclic) bond motifs is 1. The SMILES string of the molecule is C=CC(=O)NCc1cn2ccnc2c(Oc2ccc(C(F)(F)F)cc2)n1. The van der Waals surface area contributed by atoms with Gasteiger partial charge in [0.25, 0.3) is 5.88 Å². The highest BCUT2D eigenvalue weighted by Crippen LogP contribution is 2.31. The van der Waals surface area contributed by atoms with E-state index in [1.54, 1.807) is 16.8 Å². The number of amides is 1. The first kappa shape index (κ1) is 17.5. The van der Waals surface area contributed by atoms with Crippen LogP contribution in [0.5, 0.6) is 11.6 Å². The number of halogens is 3. The van der Waals surface area contributed by atoms with E-state index >= 15 is 0 Å². The largest absolute Gasteiger partial charge is 0.436 e. The lowest BCUT2D eigenvalue weighted by Gasteiger charge is -2.10. The zero-order valence-corrected chi connectivity index (χ0v) is 13.3. The molecule has 134 valence electrons. The molecule has 0 saturated heterocycles. The summed E-state index contributed by atoms with van der Waals surface area (Å²) >= 11 is 0. The molecule has 0 aliphatic heterocycles. The first-order valence-corrected chi connectivity index (χ1v) is 7.45. The summed E-state index contributed by atoms with van der Waals surface area (Å²) in [5.74, 6) is -0.0643. The van der Waals surface area contributed by atoms with Crippen LogP contribution in [-0.4, -0.2) is 20.3 Å². The quantitative estimate of drug-likeness (QED) is 0.707. The van der Waals surface area contributed by atoms with Gasteiger partial charge in [0.15, 0.2) is 0 Å². The monoisotopic (exact) mass is 362 g/mol. The summed E-state index contributed by atoms with van der Waals surface area (Å²) in [7, 11) is 0. The van der Waals surface area contributed by atoms with Crippen molar-refractivity contribution in [1.82, 2.24) is 19.7 Å². The minimum atomic E-state index is -4.42. The Morgan fingerprint density at radius 3 is 2.69 bits per heavy atom. The predicted octanol–water partition coefficient (Wildman–Crippen LogP) is 3.34. The van der Waals surface area contributed by atoms with Crippen LogP contribution in [-0.2, 0) is 17.5 Å². The van der Waals surface area contributed by atoms with Crippen molar-refractivity contribution in [2.24, 2.45) is 0 Å². The Labute approximate surface area is 146 Å². The minimum Gasteiger partial charge on any atom is -0.436 e. The molecule has 0 aliphatic carbocycles. The Bertz CT molecular complexity index is 949. The average Bonchev–Trinajstić information content (AvgIpc) is 3.08. The number of ether oxygens (including phenoxy) is 1. The fraction of sp³-hybridized carbons (Fsp3) is 0.118. The molecule has 3 aromatic rings. The van der Waals surface area contributed by atoms with Crippen molar-refractivity contribution in [2.75, 3.05) is 0 Å².